The molecular weight excluding hydrogens is 266 g/mol. The number of aromatic nitrogens is 1. The van der Waals surface area contributed by atoms with Crippen LogP contribution in [0.15, 0.2) is 6.20 Å². The quantitative estimate of drug-likeness (QED) is 0.712. The van der Waals surface area contributed by atoms with E-state index < -0.39 is 5.97 Å². The van der Waals surface area contributed by atoms with E-state index in [4.69, 9.17) is 5.11 Å². The second-order valence-corrected chi connectivity index (χ2v) is 5.30. The van der Waals surface area contributed by atoms with Crippen LogP contribution in [0, 0.1) is 0 Å². The first-order valence-corrected chi connectivity index (χ1v) is 7.06. The number of carboxylic acid groups (broad SMARTS) is 1. The van der Waals surface area contributed by atoms with Crippen molar-refractivity contribution < 1.29 is 14.7 Å². The fraction of sp³-hybridized carbons (Fsp3) is 0.583. The Morgan fingerprint density at radius 3 is 2.74 bits per heavy atom. The summed E-state index contributed by atoms with van der Waals surface area (Å²) in [6, 6.07) is -0.707. The van der Waals surface area contributed by atoms with Gasteiger partial charge in [-0.1, -0.05) is 13.8 Å². The second kappa shape index (κ2) is 7.73. The maximum atomic E-state index is 11.6. The van der Waals surface area contributed by atoms with Crippen molar-refractivity contribution in [2.24, 2.45) is 0 Å². The summed E-state index contributed by atoms with van der Waals surface area (Å²) in [7, 11) is 0. The third kappa shape index (κ3) is 5.69. The summed E-state index contributed by atoms with van der Waals surface area (Å²) in [6.07, 6.45) is 3.25. The number of rotatable bonds is 7. The summed E-state index contributed by atoms with van der Waals surface area (Å²) in [4.78, 5) is 27.6. The van der Waals surface area contributed by atoms with Crippen LogP contribution in [0.3, 0.4) is 0 Å². The van der Waals surface area contributed by atoms with E-state index in [2.05, 4.69) is 22.5 Å². The molecule has 0 radical (unpaired) electrons. The molecule has 0 saturated heterocycles. The van der Waals surface area contributed by atoms with Crippen molar-refractivity contribution in [2.75, 3.05) is 0 Å². The van der Waals surface area contributed by atoms with Crippen molar-refractivity contribution in [3.05, 3.63) is 16.1 Å². The van der Waals surface area contributed by atoms with Gasteiger partial charge < -0.3 is 15.7 Å². The van der Waals surface area contributed by atoms with Gasteiger partial charge >= 0.3 is 12.0 Å². The molecule has 1 atom stereocenters. The molecule has 1 rings (SSSR count). The highest BCUT2D eigenvalue weighted by Gasteiger charge is 2.13. The average Bonchev–Trinajstić information content (AvgIpc) is 2.83. The minimum absolute atomic E-state index is 0.0683. The molecule has 3 N–H and O–H groups in total. The van der Waals surface area contributed by atoms with Gasteiger partial charge in [-0.25, -0.2) is 9.78 Å². The van der Waals surface area contributed by atoms with Gasteiger partial charge in [-0.15, -0.1) is 11.3 Å². The average molecular weight is 285 g/mol. The first-order chi connectivity index (χ1) is 9.05. The van der Waals surface area contributed by atoms with Gasteiger partial charge in [-0.3, -0.25) is 4.79 Å². The van der Waals surface area contributed by atoms with Crippen LogP contribution in [-0.4, -0.2) is 28.1 Å². The Hall–Kier alpha value is -1.63. The molecule has 0 aliphatic carbocycles. The monoisotopic (exact) mass is 285 g/mol. The summed E-state index contributed by atoms with van der Waals surface area (Å²) in [6.45, 7) is 4.25. The van der Waals surface area contributed by atoms with Crippen molar-refractivity contribution in [1.82, 2.24) is 15.6 Å². The van der Waals surface area contributed by atoms with E-state index in [1.54, 1.807) is 17.5 Å². The first kappa shape index (κ1) is 15.4. The number of hydrogen-bond donors (Lipinski definition) is 3. The second-order valence-electron chi connectivity index (χ2n) is 4.10. The molecule has 2 amide bonds. The SMILES string of the molecule is CCc1cnc(CNC(=O)NC(CC)CC(=O)O)s1. The summed E-state index contributed by atoms with van der Waals surface area (Å²) in [5.41, 5.74) is 0. The normalized spacial score (nSPS) is 11.9. The maximum Gasteiger partial charge on any atom is 0.315 e. The number of carbonyl (C=O) groups excluding carboxylic acids is 1. The number of urea groups is 1. The summed E-state index contributed by atoms with van der Waals surface area (Å²) in [5, 5.41) is 14.8. The lowest BCUT2D eigenvalue weighted by atomic mass is 10.1. The van der Waals surface area contributed by atoms with E-state index in [0.717, 1.165) is 11.4 Å². The predicted octanol–water partition coefficient (Wildman–Crippen LogP) is 1.76. The van der Waals surface area contributed by atoms with Gasteiger partial charge in [-0.2, -0.15) is 0 Å². The molecule has 1 aromatic heterocycles. The molecule has 106 valence electrons. The molecule has 0 aliphatic rings. The maximum absolute atomic E-state index is 11.6. The van der Waals surface area contributed by atoms with Crippen LogP contribution in [0.5, 0.6) is 0 Å². The van der Waals surface area contributed by atoms with E-state index in [1.165, 1.54) is 4.88 Å². The zero-order valence-electron chi connectivity index (χ0n) is 11.1. The molecule has 7 heteroatoms. The predicted molar refractivity (Wildman–Crippen MR) is 73.2 cm³/mol. The lowest BCUT2D eigenvalue weighted by Crippen LogP contribution is -2.42. The Morgan fingerprint density at radius 1 is 1.47 bits per heavy atom. The van der Waals surface area contributed by atoms with Gasteiger partial charge in [0.15, 0.2) is 0 Å². The minimum atomic E-state index is -0.917. The summed E-state index contributed by atoms with van der Waals surface area (Å²) in [5.74, 6) is -0.917. The number of aliphatic carboxylic acids is 1. The number of thiazole rings is 1. The number of amides is 2. The van der Waals surface area contributed by atoms with Gasteiger partial charge in [0, 0.05) is 17.1 Å². The molecule has 1 heterocycles. The molecular formula is C12H19N3O3S. The molecule has 0 bridgehead atoms. The van der Waals surface area contributed by atoms with Crippen LogP contribution in [-0.2, 0) is 17.8 Å². The molecule has 0 fully saturated rings. The molecule has 1 aromatic rings. The number of nitrogens with zero attached hydrogens (tertiary/aromatic N) is 1. The van der Waals surface area contributed by atoms with Crippen molar-refractivity contribution >= 4 is 23.3 Å². The zero-order chi connectivity index (χ0) is 14.3. The zero-order valence-corrected chi connectivity index (χ0v) is 11.9. The van der Waals surface area contributed by atoms with E-state index in [-0.39, 0.29) is 18.5 Å². The number of carbonyl (C=O) groups is 2. The van der Waals surface area contributed by atoms with Crippen LogP contribution in [0.2, 0.25) is 0 Å². The Balaban J connectivity index is 2.36. The van der Waals surface area contributed by atoms with Crippen LogP contribution in [0.1, 0.15) is 36.6 Å². The minimum Gasteiger partial charge on any atom is -0.481 e. The van der Waals surface area contributed by atoms with Gasteiger partial charge in [0.2, 0.25) is 0 Å². The Kier molecular flexibility index (Phi) is 6.27. The first-order valence-electron chi connectivity index (χ1n) is 6.24. The van der Waals surface area contributed by atoms with Crippen molar-refractivity contribution in [3.63, 3.8) is 0 Å². The fourth-order valence-corrected chi connectivity index (χ4v) is 2.30. The lowest BCUT2D eigenvalue weighted by molar-refractivity contribution is -0.137. The van der Waals surface area contributed by atoms with Gasteiger partial charge in [-0.05, 0) is 12.8 Å². The van der Waals surface area contributed by atoms with Crippen molar-refractivity contribution in [1.29, 1.82) is 0 Å². The number of hydrogen-bond acceptors (Lipinski definition) is 4. The smallest absolute Gasteiger partial charge is 0.315 e. The molecule has 0 aromatic carbocycles. The lowest BCUT2D eigenvalue weighted by Gasteiger charge is -2.14. The van der Waals surface area contributed by atoms with Crippen LogP contribution in [0.4, 0.5) is 4.79 Å². The third-order valence-electron chi connectivity index (χ3n) is 2.60. The number of aryl methyl sites for hydroxylation is 1. The van der Waals surface area contributed by atoms with Gasteiger partial charge in [0.25, 0.3) is 0 Å². The Morgan fingerprint density at radius 2 is 2.21 bits per heavy atom. The topological polar surface area (TPSA) is 91.3 Å². The van der Waals surface area contributed by atoms with E-state index in [0.29, 0.717) is 13.0 Å². The standard InChI is InChI=1S/C12H19N3O3S/c1-3-8(5-11(16)17)15-12(18)14-7-10-13-6-9(4-2)19-10/h6,8H,3-5,7H2,1-2H3,(H,16,17)(H2,14,15,18). The largest absolute Gasteiger partial charge is 0.481 e. The van der Waals surface area contributed by atoms with Crippen molar-refractivity contribution in [2.45, 2.75) is 45.7 Å². The summed E-state index contributed by atoms with van der Waals surface area (Å²) >= 11 is 1.56. The van der Waals surface area contributed by atoms with Gasteiger partial charge in [0.05, 0.1) is 13.0 Å². The third-order valence-corrected chi connectivity index (χ3v) is 3.74. The van der Waals surface area contributed by atoms with Crippen LogP contribution < -0.4 is 10.6 Å². The van der Waals surface area contributed by atoms with E-state index in [1.807, 2.05) is 6.92 Å². The van der Waals surface area contributed by atoms with Gasteiger partial charge in [0.1, 0.15) is 5.01 Å². The highest BCUT2D eigenvalue weighted by atomic mass is 32.1. The highest BCUT2D eigenvalue weighted by molar-refractivity contribution is 7.11. The molecule has 0 spiro atoms. The van der Waals surface area contributed by atoms with E-state index >= 15 is 0 Å². The fourth-order valence-electron chi connectivity index (χ4n) is 1.49. The molecule has 0 saturated carbocycles. The van der Waals surface area contributed by atoms with Crippen LogP contribution in [0.25, 0.3) is 0 Å². The Labute approximate surface area is 116 Å². The Bertz CT molecular complexity index is 434. The van der Waals surface area contributed by atoms with Crippen LogP contribution >= 0.6 is 11.3 Å². The molecule has 6 nitrogen and oxygen atoms in total. The van der Waals surface area contributed by atoms with E-state index in [9.17, 15) is 9.59 Å². The summed E-state index contributed by atoms with van der Waals surface area (Å²) < 4.78 is 0. The molecule has 19 heavy (non-hydrogen) atoms. The number of nitrogens with one attached hydrogen (secondary N) is 2. The molecule has 1 unspecified atom stereocenters. The molecule has 0 aliphatic heterocycles. The number of carboxylic acids is 1. The van der Waals surface area contributed by atoms with Crippen molar-refractivity contribution in [3.8, 4) is 0 Å². The highest BCUT2D eigenvalue weighted by Crippen LogP contribution is 2.12.